The Bertz CT molecular complexity index is 834. The molecule has 6 heteroatoms. The fraction of sp³-hybridized carbons (Fsp3) is 0.400. The molecule has 1 fully saturated rings. The van der Waals surface area contributed by atoms with Crippen LogP contribution in [0.25, 0.3) is 0 Å². The van der Waals surface area contributed by atoms with Crippen molar-refractivity contribution in [1.29, 1.82) is 0 Å². The first-order valence-corrected chi connectivity index (χ1v) is 10.5. The van der Waals surface area contributed by atoms with E-state index >= 15 is 0 Å². The molecule has 1 saturated carbocycles. The Labute approximate surface area is 155 Å². The van der Waals surface area contributed by atoms with Crippen LogP contribution in [0.15, 0.2) is 53.4 Å². The first-order valence-electron chi connectivity index (χ1n) is 8.98. The van der Waals surface area contributed by atoms with E-state index in [1.807, 2.05) is 43.3 Å². The lowest BCUT2D eigenvalue weighted by Gasteiger charge is -2.33. The highest BCUT2D eigenvalue weighted by Crippen LogP contribution is 2.29. The summed E-state index contributed by atoms with van der Waals surface area (Å²) < 4.78 is 33.8. The molecule has 140 valence electrons. The normalized spacial score (nSPS) is 20.5. The van der Waals surface area contributed by atoms with Gasteiger partial charge < -0.3 is 10.1 Å². The number of benzene rings is 2. The van der Waals surface area contributed by atoms with Crippen LogP contribution in [0.4, 0.5) is 5.69 Å². The van der Waals surface area contributed by atoms with E-state index in [9.17, 15) is 8.42 Å². The van der Waals surface area contributed by atoms with Crippen LogP contribution in [0.2, 0.25) is 0 Å². The zero-order chi connectivity index (χ0) is 18.6. The number of methoxy groups -OCH3 is 1. The molecule has 0 saturated heterocycles. The van der Waals surface area contributed by atoms with Gasteiger partial charge in [0, 0.05) is 12.1 Å². The monoisotopic (exact) mass is 374 g/mol. The number of anilines is 1. The maximum absolute atomic E-state index is 12.8. The molecule has 2 N–H and O–H groups in total. The van der Waals surface area contributed by atoms with Crippen molar-refractivity contribution in [1.82, 2.24) is 4.72 Å². The second-order valence-corrected chi connectivity index (χ2v) is 8.49. The third-order valence-corrected chi connectivity index (χ3v) is 6.36. The first kappa shape index (κ1) is 18.7. The van der Waals surface area contributed by atoms with Crippen LogP contribution in [0.3, 0.4) is 0 Å². The standard InChI is InChI=1S/C20H26N2O3S/c1-15-11-13-16(14-12-15)26(23,24)22-18-8-4-3-7-17(18)21-19-9-5-6-10-20(19)25-2/h5-6,9-14,17-18,21-22H,3-4,7-8H2,1-2H3/t17-,18+/m1/s1. The largest absolute Gasteiger partial charge is 0.495 e. The van der Waals surface area contributed by atoms with Crippen molar-refractivity contribution in [3.05, 3.63) is 54.1 Å². The SMILES string of the molecule is COc1ccccc1N[C@@H]1CCCC[C@@H]1NS(=O)(=O)c1ccc(C)cc1. The zero-order valence-corrected chi connectivity index (χ0v) is 16.1. The number of sulfonamides is 1. The van der Waals surface area contributed by atoms with E-state index < -0.39 is 10.0 Å². The molecule has 1 aliphatic rings. The molecule has 0 heterocycles. The Hall–Kier alpha value is -2.05. The van der Waals surface area contributed by atoms with Crippen molar-refractivity contribution >= 4 is 15.7 Å². The van der Waals surface area contributed by atoms with Gasteiger partial charge in [-0.05, 0) is 44.0 Å². The topological polar surface area (TPSA) is 67.4 Å². The highest BCUT2D eigenvalue weighted by atomic mass is 32.2. The number of hydrogen-bond donors (Lipinski definition) is 2. The van der Waals surface area contributed by atoms with Crippen LogP contribution in [0, 0.1) is 6.92 Å². The minimum atomic E-state index is -3.54. The quantitative estimate of drug-likeness (QED) is 0.809. The van der Waals surface area contributed by atoms with Gasteiger partial charge in [-0.25, -0.2) is 13.1 Å². The highest BCUT2D eigenvalue weighted by molar-refractivity contribution is 7.89. The predicted molar refractivity (Wildman–Crippen MR) is 104 cm³/mol. The van der Waals surface area contributed by atoms with Crippen molar-refractivity contribution in [2.24, 2.45) is 0 Å². The molecule has 0 aromatic heterocycles. The Morgan fingerprint density at radius 2 is 1.62 bits per heavy atom. The molecule has 0 aliphatic heterocycles. The van der Waals surface area contributed by atoms with E-state index in [-0.39, 0.29) is 12.1 Å². The fourth-order valence-electron chi connectivity index (χ4n) is 3.39. The van der Waals surface area contributed by atoms with Gasteiger partial charge in [0.1, 0.15) is 5.75 Å². The van der Waals surface area contributed by atoms with Gasteiger partial charge in [-0.3, -0.25) is 0 Å². The summed E-state index contributed by atoms with van der Waals surface area (Å²) in [6.45, 7) is 1.94. The summed E-state index contributed by atoms with van der Waals surface area (Å²) in [4.78, 5) is 0.310. The highest BCUT2D eigenvalue weighted by Gasteiger charge is 2.30. The number of hydrogen-bond acceptors (Lipinski definition) is 4. The van der Waals surface area contributed by atoms with Gasteiger partial charge in [-0.15, -0.1) is 0 Å². The zero-order valence-electron chi connectivity index (χ0n) is 15.2. The Morgan fingerprint density at radius 3 is 2.31 bits per heavy atom. The summed E-state index contributed by atoms with van der Waals surface area (Å²) in [5.41, 5.74) is 1.93. The maximum atomic E-state index is 12.8. The van der Waals surface area contributed by atoms with Crippen molar-refractivity contribution in [2.75, 3.05) is 12.4 Å². The molecule has 0 amide bonds. The number of aryl methyl sites for hydroxylation is 1. The molecular formula is C20H26N2O3S. The second-order valence-electron chi connectivity index (χ2n) is 6.78. The van der Waals surface area contributed by atoms with E-state index in [4.69, 9.17) is 4.74 Å². The van der Waals surface area contributed by atoms with Crippen molar-refractivity contribution in [3.8, 4) is 5.75 Å². The Morgan fingerprint density at radius 1 is 0.962 bits per heavy atom. The summed E-state index contributed by atoms with van der Waals surface area (Å²) in [6.07, 6.45) is 3.83. The van der Waals surface area contributed by atoms with E-state index in [1.165, 1.54) is 0 Å². The summed E-state index contributed by atoms with van der Waals surface area (Å²) in [5, 5.41) is 3.48. The minimum Gasteiger partial charge on any atom is -0.495 e. The molecular weight excluding hydrogens is 348 g/mol. The smallest absolute Gasteiger partial charge is 0.240 e. The third-order valence-electron chi connectivity index (χ3n) is 4.85. The number of para-hydroxylation sites is 2. The molecule has 2 atom stereocenters. The van der Waals surface area contributed by atoms with Crippen LogP contribution in [-0.4, -0.2) is 27.6 Å². The first-order chi connectivity index (χ1) is 12.5. The predicted octanol–water partition coefficient (Wildman–Crippen LogP) is 3.71. The van der Waals surface area contributed by atoms with E-state index in [0.29, 0.717) is 4.90 Å². The number of ether oxygens (including phenoxy) is 1. The molecule has 0 bridgehead atoms. The molecule has 5 nitrogen and oxygen atoms in total. The molecule has 3 rings (SSSR count). The van der Waals surface area contributed by atoms with Gasteiger partial charge in [-0.2, -0.15) is 0 Å². The average molecular weight is 375 g/mol. The molecule has 0 radical (unpaired) electrons. The summed E-state index contributed by atoms with van der Waals surface area (Å²) in [6, 6.07) is 14.5. The summed E-state index contributed by atoms with van der Waals surface area (Å²) in [7, 11) is -1.90. The Kier molecular flexibility index (Phi) is 5.84. The van der Waals surface area contributed by atoms with Crippen LogP contribution in [0.1, 0.15) is 31.2 Å². The lowest BCUT2D eigenvalue weighted by atomic mass is 9.91. The molecule has 0 spiro atoms. The number of rotatable bonds is 6. The third kappa shape index (κ3) is 4.37. The van der Waals surface area contributed by atoms with E-state index in [1.54, 1.807) is 19.2 Å². The molecule has 2 aromatic carbocycles. The van der Waals surface area contributed by atoms with Gasteiger partial charge in [-0.1, -0.05) is 42.7 Å². The lowest BCUT2D eigenvalue weighted by Crippen LogP contribution is -2.48. The van der Waals surface area contributed by atoms with Crippen LogP contribution >= 0.6 is 0 Å². The minimum absolute atomic E-state index is 0.0280. The van der Waals surface area contributed by atoms with Crippen molar-refractivity contribution in [2.45, 2.75) is 49.6 Å². The Balaban J connectivity index is 1.77. The van der Waals surface area contributed by atoms with E-state index in [0.717, 1.165) is 42.7 Å². The fourth-order valence-corrected chi connectivity index (χ4v) is 4.70. The van der Waals surface area contributed by atoms with Crippen molar-refractivity contribution in [3.63, 3.8) is 0 Å². The van der Waals surface area contributed by atoms with Gasteiger partial charge in [0.2, 0.25) is 10.0 Å². The number of nitrogens with one attached hydrogen (secondary N) is 2. The maximum Gasteiger partial charge on any atom is 0.240 e. The van der Waals surface area contributed by atoms with Crippen molar-refractivity contribution < 1.29 is 13.2 Å². The van der Waals surface area contributed by atoms with Gasteiger partial charge in [0.25, 0.3) is 0 Å². The second kappa shape index (κ2) is 8.10. The van der Waals surface area contributed by atoms with E-state index in [2.05, 4.69) is 10.0 Å². The average Bonchev–Trinajstić information content (AvgIpc) is 2.64. The molecule has 0 unspecified atom stereocenters. The summed E-state index contributed by atoms with van der Waals surface area (Å²) in [5.74, 6) is 0.762. The van der Waals surface area contributed by atoms with Crippen LogP contribution in [-0.2, 0) is 10.0 Å². The lowest BCUT2D eigenvalue weighted by molar-refractivity contribution is 0.375. The van der Waals surface area contributed by atoms with Gasteiger partial charge in [0.15, 0.2) is 0 Å². The van der Waals surface area contributed by atoms with Crippen LogP contribution < -0.4 is 14.8 Å². The van der Waals surface area contributed by atoms with Gasteiger partial charge in [0.05, 0.1) is 17.7 Å². The van der Waals surface area contributed by atoms with Crippen LogP contribution in [0.5, 0.6) is 5.75 Å². The molecule has 26 heavy (non-hydrogen) atoms. The molecule has 1 aliphatic carbocycles. The molecule has 2 aromatic rings. The van der Waals surface area contributed by atoms with Gasteiger partial charge >= 0.3 is 0 Å². The summed E-state index contributed by atoms with van der Waals surface area (Å²) >= 11 is 0.